The van der Waals surface area contributed by atoms with Crippen molar-refractivity contribution in [2.45, 2.75) is 116 Å². The molecule has 0 saturated carbocycles. The quantitative estimate of drug-likeness (QED) is 0.323. The second kappa shape index (κ2) is 22.1. The number of hydrogen-bond acceptors (Lipinski definition) is 1. The summed E-state index contributed by atoms with van der Waals surface area (Å²) in [6.07, 6.45) is 21.7. The van der Waals surface area contributed by atoms with Crippen LogP contribution in [-0.4, -0.2) is 11.1 Å². The summed E-state index contributed by atoms with van der Waals surface area (Å²) < 4.78 is 0. The molecule has 2 nitrogen and oxygen atoms in total. The molecule has 0 aliphatic carbocycles. The summed E-state index contributed by atoms with van der Waals surface area (Å²) in [5, 5.41) is 8.53. The van der Waals surface area contributed by atoms with Gasteiger partial charge in [-0.3, -0.25) is 4.79 Å². The Bertz CT molecular complexity index is 225. The summed E-state index contributed by atoms with van der Waals surface area (Å²) in [5.41, 5.74) is 0. The van der Waals surface area contributed by atoms with E-state index in [0.29, 0.717) is 6.42 Å². The van der Waals surface area contributed by atoms with Gasteiger partial charge in [-0.25, -0.2) is 0 Å². The topological polar surface area (TPSA) is 37.3 Å². The van der Waals surface area contributed by atoms with Gasteiger partial charge >= 0.3 is 57.4 Å². The number of aliphatic carboxylic acids is 1. The van der Waals surface area contributed by atoms with Gasteiger partial charge in [0.2, 0.25) is 0 Å². The van der Waals surface area contributed by atoms with Crippen LogP contribution in [0.4, 0.5) is 0 Å². The number of carboxylic acid groups (broad SMARTS) is 1. The first kappa shape index (κ1) is 25.3. The van der Waals surface area contributed by atoms with Crippen LogP contribution in [0.5, 0.6) is 0 Å². The van der Waals surface area contributed by atoms with Gasteiger partial charge in [0.1, 0.15) is 0 Å². The minimum absolute atomic E-state index is 0. The second-order valence-electron chi connectivity index (χ2n) is 6.45. The van der Waals surface area contributed by atoms with Crippen LogP contribution in [0.25, 0.3) is 0 Å². The van der Waals surface area contributed by atoms with Crippen molar-refractivity contribution in [2.24, 2.45) is 0 Å². The van der Waals surface area contributed by atoms with Gasteiger partial charge in [0, 0.05) is 6.42 Å². The van der Waals surface area contributed by atoms with Crippen molar-refractivity contribution in [1.29, 1.82) is 0 Å². The predicted octanol–water partition coefficient (Wildman–Crippen LogP) is 3.84. The van der Waals surface area contributed by atoms with Gasteiger partial charge in [-0.05, 0) is 6.42 Å². The van der Waals surface area contributed by atoms with Crippen molar-refractivity contribution in [1.82, 2.24) is 0 Å². The number of rotatable bonds is 17. The van der Waals surface area contributed by atoms with Crippen LogP contribution in [-0.2, 0) is 4.79 Å². The molecule has 0 saturated heterocycles. The van der Waals surface area contributed by atoms with E-state index in [1.807, 2.05) is 0 Å². The molecule has 0 aromatic heterocycles. The monoisotopic (exact) mass is 338 g/mol. The number of hydrogen-bond donors (Lipinski definition) is 1. The zero-order valence-electron chi connectivity index (χ0n) is 16.4. The van der Waals surface area contributed by atoms with Crippen molar-refractivity contribution in [3.8, 4) is 0 Å². The average Bonchev–Trinajstić information content (AvgIpc) is 2.46. The van der Waals surface area contributed by atoms with E-state index in [2.05, 4.69) is 6.92 Å². The molecule has 0 aromatic rings. The molecule has 22 heavy (non-hydrogen) atoms. The van der Waals surface area contributed by atoms with E-state index >= 15 is 0 Å². The van der Waals surface area contributed by atoms with Crippen molar-refractivity contribution in [3.05, 3.63) is 0 Å². The van der Waals surface area contributed by atoms with Crippen LogP contribution in [0.1, 0.15) is 118 Å². The SMILES string of the molecule is CCCCCCCCCCCCCCCCCCC(=O)O.[H-].[K+]. The summed E-state index contributed by atoms with van der Waals surface area (Å²) in [7, 11) is 0. The normalized spacial score (nSPS) is 10.4. The van der Waals surface area contributed by atoms with Crippen LogP contribution in [0.15, 0.2) is 0 Å². The Morgan fingerprint density at radius 1 is 0.636 bits per heavy atom. The molecule has 1 N–H and O–H groups in total. The third-order valence-electron chi connectivity index (χ3n) is 4.24. The molecule has 0 rings (SSSR count). The second-order valence-corrected chi connectivity index (χ2v) is 6.45. The Morgan fingerprint density at radius 2 is 0.909 bits per heavy atom. The van der Waals surface area contributed by atoms with Crippen LogP contribution in [0.2, 0.25) is 0 Å². The fraction of sp³-hybridized carbons (Fsp3) is 0.947. The third-order valence-corrected chi connectivity index (χ3v) is 4.24. The van der Waals surface area contributed by atoms with Crippen molar-refractivity contribution < 1.29 is 62.7 Å². The van der Waals surface area contributed by atoms with E-state index in [0.717, 1.165) is 12.8 Å². The van der Waals surface area contributed by atoms with Gasteiger partial charge in [-0.2, -0.15) is 0 Å². The van der Waals surface area contributed by atoms with Crippen molar-refractivity contribution in [3.63, 3.8) is 0 Å². The number of carbonyl (C=O) groups is 1. The molecule has 0 unspecified atom stereocenters. The molecule has 0 fully saturated rings. The van der Waals surface area contributed by atoms with Gasteiger partial charge in [-0.15, -0.1) is 0 Å². The third kappa shape index (κ3) is 23.4. The molecule has 128 valence electrons. The molecule has 0 aliphatic rings. The van der Waals surface area contributed by atoms with E-state index in [9.17, 15) is 4.79 Å². The number of carboxylic acids is 1. The zero-order valence-corrected chi connectivity index (χ0v) is 18.5. The molecule has 0 spiro atoms. The Morgan fingerprint density at radius 3 is 1.18 bits per heavy atom. The van der Waals surface area contributed by atoms with Crippen LogP contribution in [0, 0.1) is 0 Å². The van der Waals surface area contributed by atoms with Gasteiger partial charge in [0.05, 0.1) is 0 Å². The maximum absolute atomic E-state index is 10.3. The van der Waals surface area contributed by atoms with E-state index in [1.54, 1.807) is 0 Å². The Kier molecular flexibility index (Phi) is 25.5. The molecule has 0 bridgehead atoms. The molecule has 3 heteroatoms. The fourth-order valence-electron chi connectivity index (χ4n) is 2.82. The first-order valence-corrected chi connectivity index (χ1v) is 9.49. The van der Waals surface area contributed by atoms with E-state index < -0.39 is 5.97 Å². The fourth-order valence-corrected chi connectivity index (χ4v) is 2.82. The first-order chi connectivity index (χ1) is 10.3. The largest absolute Gasteiger partial charge is 1.00 e. The van der Waals surface area contributed by atoms with Crippen molar-refractivity contribution in [2.75, 3.05) is 0 Å². The van der Waals surface area contributed by atoms with E-state index in [-0.39, 0.29) is 52.8 Å². The summed E-state index contributed by atoms with van der Waals surface area (Å²) >= 11 is 0. The van der Waals surface area contributed by atoms with E-state index in [1.165, 1.54) is 89.9 Å². The maximum Gasteiger partial charge on any atom is 1.00 e. The summed E-state index contributed by atoms with van der Waals surface area (Å²) in [4.78, 5) is 10.3. The standard InChI is InChI=1S/C19H38O2.K.H/c1-2-3-4-5-6-7-8-9-10-11-12-13-14-15-16-17-18-19(20)21;;/h2-18H2,1H3,(H,20,21);;/q;+1;-1. The van der Waals surface area contributed by atoms with Crippen LogP contribution < -0.4 is 51.4 Å². The molecule has 0 amide bonds. The number of unbranched alkanes of at least 4 members (excludes halogenated alkanes) is 15. The maximum atomic E-state index is 10.3. The molecular weight excluding hydrogens is 299 g/mol. The smallest absolute Gasteiger partial charge is 1.00 e. The molecule has 0 aromatic carbocycles. The van der Waals surface area contributed by atoms with Crippen molar-refractivity contribution >= 4 is 5.97 Å². The van der Waals surface area contributed by atoms with Gasteiger partial charge in [0.15, 0.2) is 0 Å². The Balaban J connectivity index is -0.00000200. The molecule has 0 aliphatic heterocycles. The summed E-state index contributed by atoms with van der Waals surface area (Å²) in [5.74, 6) is -0.652. The molecule has 0 heterocycles. The average molecular weight is 339 g/mol. The summed E-state index contributed by atoms with van der Waals surface area (Å²) in [6.45, 7) is 2.27. The van der Waals surface area contributed by atoms with Gasteiger partial charge in [-0.1, -0.05) is 103 Å². The first-order valence-electron chi connectivity index (χ1n) is 9.49. The molecule has 0 radical (unpaired) electrons. The Hall–Kier alpha value is 1.11. The van der Waals surface area contributed by atoms with E-state index in [4.69, 9.17) is 5.11 Å². The molecule has 0 atom stereocenters. The van der Waals surface area contributed by atoms with Crippen LogP contribution >= 0.6 is 0 Å². The minimum atomic E-state index is -0.652. The van der Waals surface area contributed by atoms with Gasteiger partial charge in [0.25, 0.3) is 0 Å². The summed E-state index contributed by atoms with van der Waals surface area (Å²) in [6, 6.07) is 0. The zero-order chi connectivity index (χ0) is 15.6. The predicted molar refractivity (Wildman–Crippen MR) is 92.9 cm³/mol. The minimum Gasteiger partial charge on any atom is -1.00 e. The van der Waals surface area contributed by atoms with Gasteiger partial charge < -0.3 is 6.53 Å². The molecular formula is C19H39KO2. The Labute approximate surface area is 183 Å². The van der Waals surface area contributed by atoms with Crippen LogP contribution in [0.3, 0.4) is 0 Å².